The summed E-state index contributed by atoms with van der Waals surface area (Å²) in [5.74, 6) is 0.889. The molecule has 106 valence electrons. The Balaban J connectivity index is 2.06. The third-order valence-electron chi connectivity index (χ3n) is 4.01. The van der Waals surface area contributed by atoms with Crippen LogP contribution in [0.3, 0.4) is 0 Å². The first kappa shape index (κ1) is 14.8. The summed E-state index contributed by atoms with van der Waals surface area (Å²) in [6, 6.07) is 6.01. The van der Waals surface area contributed by atoms with Crippen LogP contribution in [-0.2, 0) is 6.54 Å². The van der Waals surface area contributed by atoms with E-state index in [-0.39, 0.29) is 12.1 Å². The zero-order valence-corrected chi connectivity index (χ0v) is 13.0. The van der Waals surface area contributed by atoms with Crippen molar-refractivity contribution in [2.75, 3.05) is 13.7 Å². The monoisotopic (exact) mass is 327 g/mol. The first-order chi connectivity index (χ1) is 9.19. The van der Waals surface area contributed by atoms with Crippen molar-refractivity contribution in [1.29, 1.82) is 0 Å². The second-order valence-electron chi connectivity index (χ2n) is 5.31. The SMILES string of the molecule is COc1ccc(Br)cc1CNC1(CO)CCCCC1. The Morgan fingerprint density at radius 2 is 2.05 bits per heavy atom. The first-order valence-electron chi connectivity index (χ1n) is 6.87. The number of aliphatic hydroxyl groups is 1. The molecule has 0 spiro atoms. The third kappa shape index (κ3) is 3.71. The Hall–Kier alpha value is -0.580. The molecule has 1 aliphatic carbocycles. The van der Waals surface area contributed by atoms with E-state index >= 15 is 0 Å². The van der Waals surface area contributed by atoms with Crippen molar-refractivity contribution in [2.24, 2.45) is 0 Å². The minimum absolute atomic E-state index is 0.106. The maximum Gasteiger partial charge on any atom is 0.123 e. The molecule has 2 N–H and O–H groups in total. The highest BCUT2D eigenvalue weighted by molar-refractivity contribution is 9.10. The Morgan fingerprint density at radius 3 is 2.68 bits per heavy atom. The molecule has 1 saturated carbocycles. The maximum atomic E-state index is 9.70. The van der Waals surface area contributed by atoms with Gasteiger partial charge in [-0.25, -0.2) is 0 Å². The Bertz CT molecular complexity index is 417. The molecule has 0 aliphatic heterocycles. The zero-order chi connectivity index (χ0) is 13.7. The summed E-state index contributed by atoms with van der Waals surface area (Å²) in [6.07, 6.45) is 5.79. The van der Waals surface area contributed by atoms with Crippen LogP contribution in [-0.4, -0.2) is 24.4 Å². The van der Waals surface area contributed by atoms with E-state index in [2.05, 4.69) is 27.3 Å². The number of methoxy groups -OCH3 is 1. The number of hydrogen-bond donors (Lipinski definition) is 2. The molecule has 1 aromatic carbocycles. The van der Waals surface area contributed by atoms with Crippen molar-refractivity contribution >= 4 is 15.9 Å². The fourth-order valence-electron chi connectivity index (χ4n) is 2.79. The summed E-state index contributed by atoms with van der Waals surface area (Å²) in [6.45, 7) is 0.937. The fraction of sp³-hybridized carbons (Fsp3) is 0.600. The summed E-state index contributed by atoms with van der Waals surface area (Å²) in [5.41, 5.74) is 1.02. The largest absolute Gasteiger partial charge is 0.496 e. The third-order valence-corrected chi connectivity index (χ3v) is 4.50. The van der Waals surface area contributed by atoms with Gasteiger partial charge in [-0.3, -0.25) is 0 Å². The molecule has 0 radical (unpaired) electrons. The topological polar surface area (TPSA) is 41.5 Å². The molecule has 0 saturated heterocycles. The quantitative estimate of drug-likeness (QED) is 0.872. The zero-order valence-electron chi connectivity index (χ0n) is 11.4. The Kier molecular flexibility index (Phi) is 5.25. The second-order valence-corrected chi connectivity index (χ2v) is 6.22. The van der Waals surface area contributed by atoms with Crippen molar-refractivity contribution in [2.45, 2.75) is 44.2 Å². The lowest BCUT2D eigenvalue weighted by Crippen LogP contribution is -2.49. The van der Waals surface area contributed by atoms with Crippen LogP contribution < -0.4 is 10.1 Å². The molecule has 0 heterocycles. The normalized spacial score (nSPS) is 18.3. The molecule has 0 bridgehead atoms. The molecule has 1 fully saturated rings. The maximum absolute atomic E-state index is 9.70. The van der Waals surface area contributed by atoms with Gasteiger partial charge in [0.15, 0.2) is 0 Å². The molecular weight excluding hydrogens is 306 g/mol. The van der Waals surface area contributed by atoms with E-state index in [4.69, 9.17) is 4.74 Å². The average molecular weight is 328 g/mol. The van der Waals surface area contributed by atoms with Crippen molar-refractivity contribution in [3.8, 4) is 5.75 Å². The fourth-order valence-corrected chi connectivity index (χ4v) is 3.20. The van der Waals surface area contributed by atoms with Crippen LogP contribution in [0, 0.1) is 0 Å². The molecule has 0 aromatic heterocycles. The standard InChI is InChI=1S/C15H22BrNO2/c1-19-14-6-5-13(16)9-12(14)10-17-15(11-18)7-3-2-4-8-15/h5-6,9,17-18H,2-4,7-8,10-11H2,1H3. The molecule has 2 rings (SSSR count). The van der Waals surface area contributed by atoms with Gasteiger partial charge in [0.25, 0.3) is 0 Å². The highest BCUT2D eigenvalue weighted by atomic mass is 79.9. The number of hydrogen-bond acceptors (Lipinski definition) is 3. The highest BCUT2D eigenvalue weighted by Crippen LogP contribution is 2.29. The van der Waals surface area contributed by atoms with Crippen molar-refractivity contribution < 1.29 is 9.84 Å². The summed E-state index contributed by atoms with van der Waals surface area (Å²) >= 11 is 3.49. The van der Waals surface area contributed by atoms with Gasteiger partial charge in [0.1, 0.15) is 5.75 Å². The summed E-state index contributed by atoms with van der Waals surface area (Å²) in [5, 5.41) is 13.2. The predicted octanol–water partition coefficient (Wildman–Crippen LogP) is 3.24. The minimum atomic E-state index is -0.106. The highest BCUT2D eigenvalue weighted by Gasteiger charge is 2.30. The molecule has 3 nitrogen and oxygen atoms in total. The van der Waals surface area contributed by atoms with Gasteiger partial charge < -0.3 is 15.2 Å². The van der Waals surface area contributed by atoms with Crippen LogP contribution in [0.1, 0.15) is 37.7 Å². The van der Waals surface area contributed by atoms with Gasteiger partial charge in [-0.05, 0) is 31.0 Å². The van der Waals surface area contributed by atoms with E-state index in [1.54, 1.807) is 7.11 Å². The van der Waals surface area contributed by atoms with E-state index in [1.807, 2.05) is 12.1 Å². The van der Waals surface area contributed by atoms with Crippen LogP contribution >= 0.6 is 15.9 Å². The predicted molar refractivity (Wildman–Crippen MR) is 80.4 cm³/mol. The van der Waals surface area contributed by atoms with E-state index < -0.39 is 0 Å². The van der Waals surface area contributed by atoms with Gasteiger partial charge in [0.2, 0.25) is 0 Å². The molecule has 19 heavy (non-hydrogen) atoms. The van der Waals surface area contributed by atoms with E-state index in [9.17, 15) is 5.11 Å². The van der Waals surface area contributed by atoms with E-state index in [0.717, 1.165) is 35.2 Å². The number of ether oxygens (including phenoxy) is 1. The van der Waals surface area contributed by atoms with Gasteiger partial charge in [0.05, 0.1) is 13.7 Å². The van der Waals surface area contributed by atoms with Crippen molar-refractivity contribution in [1.82, 2.24) is 5.32 Å². The Labute approximate surface area is 123 Å². The number of benzene rings is 1. The van der Waals surface area contributed by atoms with Crippen LogP contribution in [0.2, 0.25) is 0 Å². The van der Waals surface area contributed by atoms with E-state index in [0.29, 0.717) is 0 Å². The molecular formula is C15H22BrNO2. The van der Waals surface area contributed by atoms with Gasteiger partial charge in [0, 0.05) is 22.1 Å². The lowest BCUT2D eigenvalue weighted by molar-refractivity contribution is 0.119. The van der Waals surface area contributed by atoms with Crippen LogP contribution in [0.15, 0.2) is 22.7 Å². The van der Waals surface area contributed by atoms with Gasteiger partial charge in [-0.2, -0.15) is 0 Å². The molecule has 0 amide bonds. The van der Waals surface area contributed by atoms with Crippen molar-refractivity contribution in [3.05, 3.63) is 28.2 Å². The second kappa shape index (κ2) is 6.73. The van der Waals surface area contributed by atoms with Crippen LogP contribution in [0.5, 0.6) is 5.75 Å². The lowest BCUT2D eigenvalue weighted by atomic mass is 9.82. The Morgan fingerprint density at radius 1 is 1.32 bits per heavy atom. The molecule has 0 unspecified atom stereocenters. The summed E-state index contributed by atoms with van der Waals surface area (Å²) in [7, 11) is 1.69. The van der Waals surface area contributed by atoms with Gasteiger partial charge >= 0.3 is 0 Å². The van der Waals surface area contributed by atoms with E-state index in [1.165, 1.54) is 19.3 Å². The first-order valence-corrected chi connectivity index (χ1v) is 7.67. The molecule has 1 aromatic rings. The molecule has 1 aliphatic rings. The summed E-state index contributed by atoms with van der Waals surface area (Å²) < 4.78 is 6.43. The summed E-state index contributed by atoms with van der Waals surface area (Å²) in [4.78, 5) is 0. The molecule has 4 heteroatoms. The van der Waals surface area contributed by atoms with Crippen molar-refractivity contribution in [3.63, 3.8) is 0 Å². The number of halogens is 1. The molecule has 0 atom stereocenters. The van der Waals surface area contributed by atoms with Crippen LogP contribution in [0.4, 0.5) is 0 Å². The average Bonchev–Trinajstić information content (AvgIpc) is 2.46. The van der Waals surface area contributed by atoms with Gasteiger partial charge in [-0.1, -0.05) is 35.2 Å². The smallest absolute Gasteiger partial charge is 0.123 e. The van der Waals surface area contributed by atoms with Crippen LogP contribution in [0.25, 0.3) is 0 Å². The lowest BCUT2D eigenvalue weighted by Gasteiger charge is -2.37. The minimum Gasteiger partial charge on any atom is -0.496 e. The number of aliphatic hydroxyl groups excluding tert-OH is 1. The van der Waals surface area contributed by atoms with Gasteiger partial charge in [-0.15, -0.1) is 0 Å². The number of rotatable bonds is 5. The number of nitrogens with one attached hydrogen (secondary N) is 1.